The molecule has 1 fully saturated rings. The molecule has 1 aliphatic carbocycles. The Morgan fingerprint density at radius 3 is 2.95 bits per heavy atom. The standard InChI is InChI=1S/C13H16ClN3O2/c1-3-7-17-12(18)11(10(14)8-16-17)15-9-13(19-2)5-4-6-13/h1,8,15H,4-7,9H2,2H3. The van der Waals surface area contributed by atoms with E-state index in [1.807, 2.05) is 0 Å². The van der Waals surface area contributed by atoms with Gasteiger partial charge in [0, 0.05) is 13.7 Å². The number of aromatic nitrogens is 2. The molecule has 0 atom stereocenters. The Hall–Kier alpha value is -1.51. The molecule has 2 rings (SSSR count). The van der Waals surface area contributed by atoms with Crippen molar-refractivity contribution in [3.05, 3.63) is 21.6 Å². The van der Waals surface area contributed by atoms with E-state index in [1.165, 1.54) is 10.9 Å². The summed E-state index contributed by atoms with van der Waals surface area (Å²) in [7, 11) is 1.69. The van der Waals surface area contributed by atoms with Crippen LogP contribution < -0.4 is 10.9 Å². The molecule has 0 bridgehead atoms. The number of nitrogens with zero attached hydrogens (tertiary/aromatic N) is 2. The zero-order valence-electron chi connectivity index (χ0n) is 10.8. The van der Waals surface area contributed by atoms with E-state index >= 15 is 0 Å². The maximum atomic E-state index is 12.1. The van der Waals surface area contributed by atoms with E-state index in [0.717, 1.165) is 19.3 Å². The maximum Gasteiger partial charge on any atom is 0.292 e. The molecule has 0 aromatic carbocycles. The smallest absolute Gasteiger partial charge is 0.292 e. The number of rotatable bonds is 5. The summed E-state index contributed by atoms with van der Waals surface area (Å²) in [4.78, 5) is 12.1. The first kappa shape index (κ1) is 13.9. The summed E-state index contributed by atoms with van der Waals surface area (Å²) in [6.45, 7) is 0.679. The Morgan fingerprint density at radius 2 is 2.42 bits per heavy atom. The number of terminal acetylenes is 1. The average Bonchev–Trinajstić information content (AvgIpc) is 2.35. The highest BCUT2D eigenvalue weighted by molar-refractivity contribution is 6.33. The van der Waals surface area contributed by atoms with Gasteiger partial charge in [0.05, 0.1) is 16.8 Å². The van der Waals surface area contributed by atoms with Crippen molar-refractivity contribution in [1.29, 1.82) is 0 Å². The summed E-state index contributed by atoms with van der Waals surface area (Å²) in [5, 5.41) is 7.26. The fraction of sp³-hybridized carbons (Fsp3) is 0.538. The lowest BCUT2D eigenvalue weighted by molar-refractivity contribution is -0.0601. The fourth-order valence-corrected chi connectivity index (χ4v) is 2.29. The summed E-state index contributed by atoms with van der Waals surface area (Å²) in [6.07, 6.45) is 9.72. The maximum absolute atomic E-state index is 12.1. The molecule has 1 heterocycles. The van der Waals surface area contributed by atoms with Gasteiger partial charge in [0.15, 0.2) is 0 Å². The molecule has 19 heavy (non-hydrogen) atoms. The SMILES string of the molecule is C#CCn1ncc(Cl)c(NCC2(OC)CCC2)c1=O. The minimum absolute atomic E-state index is 0.125. The Labute approximate surface area is 116 Å². The van der Waals surface area contributed by atoms with E-state index in [4.69, 9.17) is 22.8 Å². The minimum Gasteiger partial charge on any atom is -0.376 e. The predicted molar refractivity (Wildman–Crippen MR) is 74.4 cm³/mol. The monoisotopic (exact) mass is 281 g/mol. The van der Waals surface area contributed by atoms with Gasteiger partial charge in [-0.2, -0.15) is 5.10 Å². The Bertz CT molecular complexity index is 552. The van der Waals surface area contributed by atoms with Crippen LogP contribution in [0.25, 0.3) is 0 Å². The number of methoxy groups -OCH3 is 1. The normalized spacial score (nSPS) is 16.5. The molecule has 102 valence electrons. The highest BCUT2D eigenvalue weighted by Crippen LogP contribution is 2.35. The third-order valence-electron chi connectivity index (χ3n) is 3.52. The molecule has 1 aliphatic rings. The van der Waals surface area contributed by atoms with Gasteiger partial charge in [0.25, 0.3) is 5.56 Å². The van der Waals surface area contributed by atoms with Crippen LogP contribution in [0.15, 0.2) is 11.0 Å². The van der Waals surface area contributed by atoms with Gasteiger partial charge >= 0.3 is 0 Å². The van der Waals surface area contributed by atoms with Gasteiger partial charge in [-0.3, -0.25) is 4.79 Å². The third-order valence-corrected chi connectivity index (χ3v) is 3.81. The number of halogens is 1. The average molecular weight is 282 g/mol. The predicted octanol–water partition coefficient (Wildman–Crippen LogP) is 1.51. The van der Waals surface area contributed by atoms with Crippen LogP contribution in [0.5, 0.6) is 0 Å². The summed E-state index contributed by atoms with van der Waals surface area (Å²) >= 11 is 6.00. The van der Waals surface area contributed by atoms with Crippen LogP contribution in [-0.4, -0.2) is 29.0 Å². The largest absolute Gasteiger partial charge is 0.376 e. The summed E-state index contributed by atoms with van der Waals surface area (Å²) in [6, 6.07) is 0. The molecular formula is C13H16ClN3O2. The number of hydrogen-bond acceptors (Lipinski definition) is 4. The quantitative estimate of drug-likeness (QED) is 0.831. The third kappa shape index (κ3) is 2.75. The molecule has 1 aromatic heterocycles. The van der Waals surface area contributed by atoms with Crippen LogP contribution in [-0.2, 0) is 11.3 Å². The lowest BCUT2D eigenvalue weighted by atomic mass is 9.80. The van der Waals surface area contributed by atoms with Crippen molar-refractivity contribution < 1.29 is 4.74 Å². The molecule has 1 saturated carbocycles. The zero-order chi connectivity index (χ0) is 13.9. The summed E-state index contributed by atoms with van der Waals surface area (Å²) in [5.74, 6) is 2.38. The molecule has 5 nitrogen and oxygen atoms in total. The second-order valence-corrected chi connectivity index (χ2v) is 5.04. The highest BCUT2D eigenvalue weighted by atomic mass is 35.5. The van der Waals surface area contributed by atoms with Crippen molar-refractivity contribution >= 4 is 17.3 Å². The first-order chi connectivity index (χ1) is 9.12. The molecule has 0 radical (unpaired) electrons. The molecule has 1 aromatic rings. The van der Waals surface area contributed by atoms with Gasteiger partial charge < -0.3 is 10.1 Å². The molecule has 1 N–H and O–H groups in total. The van der Waals surface area contributed by atoms with E-state index < -0.39 is 0 Å². The van der Waals surface area contributed by atoms with Gasteiger partial charge in [0.1, 0.15) is 12.2 Å². The molecule has 6 heteroatoms. The second-order valence-electron chi connectivity index (χ2n) is 4.63. The van der Waals surface area contributed by atoms with Gasteiger partial charge in [-0.1, -0.05) is 17.5 Å². The van der Waals surface area contributed by atoms with Crippen LogP contribution in [0.1, 0.15) is 19.3 Å². The van der Waals surface area contributed by atoms with E-state index in [9.17, 15) is 4.79 Å². The van der Waals surface area contributed by atoms with Gasteiger partial charge in [-0.25, -0.2) is 4.68 Å². The van der Waals surface area contributed by atoms with Crippen molar-refractivity contribution in [3.8, 4) is 12.3 Å². The Kier molecular flexibility index (Phi) is 4.13. The highest BCUT2D eigenvalue weighted by Gasteiger charge is 2.37. The van der Waals surface area contributed by atoms with Gasteiger partial charge in [-0.05, 0) is 19.3 Å². The minimum atomic E-state index is -0.309. The van der Waals surface area contributed by atoms with E-state index in [-0.39, 0.29) is 17.7 Å². The summed E-state index contributed by atoms with van der Waals surface area (Å²) < 4.78 is 6.69. The van der Waals surface area contributed by atoms with Crippen molar-refractivity contribution in [1.82, 2.24) is 9.78 Å². The van der Waals surface area contributed by atoms with Crippen LogP contribution in [0.3, 0.4) is 0 Å². The zero-order valence-corrected chi connectivity index (χ0v) is 11.5. The van der Waals surface area contributed by atoms with Crippen molar-refractivity contribution in [2.45, 2.75) is 31.4 Å². The lowest BCUT2D eigenvalue weighted by Gasteiger charge is -2.40. The van der Waals surface area contributed by atoms with Gasteiger partial charge in [0.2, 0.25) is 0 Å². The van der Waals surface area contributed by atoms with Crippen molar-refractivity contribution in [2.24, 2.45) is 0 Å². The van der Waals surface area contributed by atoms with Crippen LogP contribution in [0.4, 0.5) is 5.69 Å². The van der Waals surface area contributed by atoms with Gasteiger partial charge in [-0.15, -0.1) is 6.42 Å². The molecule has 0 aliphatic heterocycles. The first-order valence-electron chi connectivity index (χ1n) is 6.10. The van der Waals surface area contributed by atoms with Crippen molar-refractivity contribution in [2.75, 3.05) is 19.0 Å². The molecule has 0 unspecified atom stereocenters. The van der Waals surface area contributed by atoms with Crippen LogP contribution in [0.2, 0.25) is 5.02 Å². The molecular weight excluding hydrogens is 266 g/mol. The van der Waals surface area contributed by atoms with E-state index in [2.05, 4.69) is 16.3 Å². The molecule has 0 saturated heterocycles. The first-order valence-corrected chi connectivity index (χ1v) is 6.48. The topological polar surface area (TPSA) is 56.1 Å². The number of anilines is 1. The van der Waals surface area contributed by atoms with Crippen molar-refractivity contribution in [3.63, 3.8) is 0 Å². The molecule has 0 amide bonds. The fourth-order valence-electron chi connectivity index (χ4n) is 2.10. The Balaban J connectivity index is 2.18. The second kappa shape index (κ2) is 5.64. The lowest BCUT2D eigenvalue weighted by Crippen LogP contribution is -2.46. The van der Waals surface area contributed by atoms with Crippen LogP contribution in [0, 0.1) is 12.3 Å². The Morgan fingerprint density at radius 1 is 1.68 bits per heavy atom. The van der Waals surface area contributed by atoms with E-state index in [0.29, 0.717) is 17.3 Å². The van der Waals surface area contributed by atoms with Crippen LogP contribution >= 0.6 is 11.6 Å². The van der Waals surface area contributed by atoms with E-state index in [1.54, 1.807) is 7.11 Å². The summed E-state index contributed by atoms with van der Waals surface area (Å²) in [5.41, 5.74) is -0.165. The number of ether oxygens (including phenoxy) is 1. The number of hydrogen-bond donors (Lipinski definition) is 1. The number of nitrogens with one attached hydrogen (secondary N) is 1. The molecule has 0 spiro atoms.